The molecule has 1 aliphatic heterocycles. The van der Waals surface area contributed by atoms with Crippen molar-refractivity contribution >= 4 is 15.9 Å². The fourth-order valence-corrected chi connectivity index (χ4v) is 4.62. The molecule has 1 saturated carbocycles. The van der Waals surface area contributed by atoms with E-state index in [1.54, 1.807) is 19.2 Å². The highest BCUT2D eigenvalue weighted by Gasteiger charge is 2.47. The van der Waals surface area contributed by atoms with Gasteiger partial charge in [0.2, 0.25) is 10.0 Å². The highest BCUT2D eigenvalue weighted by Crippen LogP contribution is 2.39. The summed E-state index contributed by atoms with van der Waals surface area (Å²) in [5, 5.41) is 0. The third-order valence-corrected chi connectivity index (χ3v) is 5.50. The molecule has 126 valence electrons. The number of aryl methyl sites for hydroxylation is 1. The Morgan fingerprint density at radius 2 is 2.09 bits per heavy atom. The van der Waals surface area contributed by atoms with Gasteiger partial charge in [-0.1, -0.05) is 0 Å². The zero-order valence-corrected chi connectivity index (χ0v) is 14.4. The summed E-state index contributed by atoms with van der Waals surface area (Å²) >= 11 is 0. The lowest BCUT2D eigenvalue weighted by molar-refractivity contribution is 0.0677. The molecule has 23 heavy (non-hydrogen) atoms. The van der Waals surface area contributed by atoms with Gasteiger partial charge in [-0.05, 0) is 49.4 Å². The van der Waals surface area contributed by atoms with Crippen LogP contribution < -0.4 is 9.46 Å². The van der Waals surface area contributed by atoms with Crippen molar-refractivity contribution in [3.63, 3.8) is 0 Å². The van der Waals surface area contributed by atoms with Crippen molar-refractivity contribution in [1.29, 1.82) is 0 Å². The Kier molecular flexibility index (Phi) is 4.10. The maximum absolute atomic E-state index is 12.9. The standard InChI is InChI=1S/C16H22N2O4S/c1-10-6-12(22-2)4-5-13(10)16(19)18-9-11-7-14(15(18)8-11)17-23(3,20)21/h4-6,11,14-15,17H,7-9H2,1-3H3/t11-,14+,15-/m1/s1. The van der Waals surface area contributed by atoms with Crippen LogP contribution in [0.15, 0.2) is 18.2 Å². The summed E-state index contributed by atoms with van der Waals surface area (Å²) in [6, 6.07) is 5.17. The molecule has 0 aromatic heterocycles. The van der Waals surface area contributed by atoms with Crippen LogP contribution in [0, 0.1) is 12.8 Å². The van der Waals surface area contributed by atoms with Gasteiger partial charge in [-0.15, -0.1) is 0 Å². The third kappa shape index (κ3) is 3.21. The number of benzene rings is 1. The number of carbonyl (C=O) groups is 1. The van der Waals surface area contributed by atoms with Crippen molar-refractivity contribution in [3.8, 4) is 5.75 Å². The van der Waals surface area contributed by atoms with Gasteiger partial charge in [0, 0.05) is 24.2 Å². The van der Waals surface area contributed by atoms with E-state index in [0.717, 1.165) is 24.2 Å². The van der Waals surface area contributed by atoms with Crippen LogP contribution in [-0.4, -0.2) is 51.2 Å². The van der Waals surface area contributed by atoms with Gasteiger partial charge in [0.25, 0.3) is 5.91 Å². The van der Waals surface area contributed by atoms with Crippen molar-refractivity contribution < 1.29 is 17.9 Å². The lowest BCUT2D eigenvalue weighted by Crippen LogP contribution is -2.51. The SMILES string of the molecule is COc1ccc(C(=O)N2C[C@@H]3C[C@H](NS(C)(=O)=O)[C@H]2C3)c(C)c1. The summed E-state index contributed by atoms with van der Waals surface area (Å²) in [4.78, 5) is 14.7. The van der Waals surface area contributed by atoms with Crippen LogP contribution in [-0.2, 0) is 10.0 Å². The second kappa shape index (κ2) is 5.79. The Hall–Kier alpha value is -1.60. The molecule has 1 aliphatic carbocycles. The summed E-state index contributed by atoms with van der Waals surface area (Å²) in [5.74, 6) is 1.07. The molecule has 1 heterocycles. The van der Waals surface area contributed by atoms with Gasteiger partial charge >= 0.3 is 0 Å². The summed E-state index contributed by atoms with van der Waals surface area (Å²) < 4.78 is 30.9. The smallest absolute Gasteiger partial charge is 0.254 e. The molecule has 2 bridgehead atoms. The summed E-state index contributed by atoms with van der Waals surface area (Å²) in [6.07, 6.45) is 2.84. The number of ether oxygens (including phenoxy) is 1. The van der Waals surface area contributed by atoms with Crippen LogP contribution >= 0.6 is 0 Å². The van der Waals surface area contributed by atoms with Gasteiger partial charge in [0.05, 0.1) is 13.4 Å². The second-order valence-corrected chi connectivity index (χ2v) is 8.32. The first kappa shape index (κ1) is 16.3. The highest BCUT2D eigenvalue weighted by atomic mass is 32.2. The molecule has 3 rings (SSSR count). The molecule has 1 aromatic carbocycles. The predicted molar refractivity (Wildman–Crippen MR) is 87.0 cm³/mol. The Bertz CT molecular complexity index is 732. The minimum absolute atomic E-state index is 0.0299. The predicted octanol–water partition coefficient (Wildman–Crippen LogP) is 1.16. The Morgan fingerprint density at radius 1 is 1.35 bits per heavy atom. The minimum Gasteiger partial charge on any atom is -0.497 e. The van der Waals surface area contributed by atoms with E-state index in [9.17, 15) is 13.2 Å². The number of rotatable bonds is 4. The number of methoxy groups -OCH3 is 1. The molecular formula is C16H22N2O4S. The fraction of sp³-hybridized carbons (Fsp3) is 0.562. The van der Waals surface area contributed by atoms with E-state index in [2.05, 4.69) is 4.72 Å². The first-order valence-corrected chi connectivity index (χ1v) is 9.60. The minimum atomic E-state index is -3.27. The van der Waals surface area contributed by atoms with Crippen molar-refractivity contribution in [1.82, 2.24) is 9.62 Å². The lowest BCUT2D eigenvalue weighted by atomic mass is 10.0. The Morgan fingerprint density at radius 3 is 2.65 bits per heavy atom. The van der Waals surface area contributed by atoms with E-state index < -0.39 is 10.0 Å². The molecule has 1 aromatic rings. The number of likely N-dealkylation sites (tertiary alicyclic amines) is 1. The number of nitrogens with zero attached hydrogens (tertiary/aromatic N) is 1. The maximum atomic E-state index is 12.9. The largest absolute Gasteiger partial charge is 0.497 e. The molecular weight excluding hydrogens is 316 g/mol. The van der Waals surface area contributed by atoms with E-state index in [0.29, 0.717) is 18.0 Å². The quantitative estimate of drug-likeness (QED) is 0.894. The number of fused-ring (bicyclic) bond motifs is 2. The average Bonchev–Trinajstić information content (AvgIpc) is 3.04. The van der Waals surface area contributed by atoms with Crippen LogP contribution in [0.3, 0.4) is 0 Å². The first-order chi connectivity index (χ1) is 10.8. The number of carbonyl (C=O) groups excluding carboxylic acids is 1. The van der Waals surface area contributed by atoms with Gasteiger partial charge in [0.15, 0.2) is 0 Å². The molecule has 0 spiro atoms. The van der Waals surface area contributed by atoms with Gasteiger partial charge in [-0.25, -0.2) is 13.1 Å². The van der Waals surface area contributed by atoms with Crippen LogP contribution in [0.25, 0.3) is 0 Å². The Labute approximate surface area is 136 Å². The van der Waals surface area contributed by atoms with E-state index in [4.69, 9.17) is 4.74 Å². The highest BCUT2D eigenvalue weighted by molar-refractivity contribution is 7.88. The number of hydrogen-bond donors (Lipinski definition) is 1. The Balaban J connectivity index is 1.81. The van der Waals surface area contributed by atoms with Crippen LogP contribution in [0.4, 0.5) is 0 Å². The summed E-state index contributed by atoms with van der Waals surface area (Å²) in [6.45, 7) is 2.59. The van der Waals surface area contributed by atoms with Crippen molar-refractivity contribution in [2.75, 3.05) is 19.9 Å². The fourth-order valence-electron chi connectivity index (χ4n) is 3.82. The van der Waals surface area contributed by atoms with E-state index in [1.807, 2.05) is 17.9 Å². The topological polar surface area (TPSA) is 75.7 Å². The molecule has 3 atom stereocenters. The molecule has 1 N–H and O–H groups in total. The van der Waals surface area contributed by atoms with Gasteiger partial charge in [-0.2, -0.15) is 0 Å². The van der Waals surface area contributed by atoms with Gasteiger partial charge in [0.1, 0.15) is 5.75 Å². The average molecular weight is 338 g/mol. The normalized spacial score (nSPS) is 26.6. The van der Waals surface area contributed by atoms with Crippen molar-refractivity contribution in [3.05, 3.63) is 29.3 Å². The monoisotopic (exact) mass is 338 g/mol. The molecule has 7 heteroatoms. The molecule has 6 nitrogen and oxygen atoms in total. The number of sulfonamides is 1. The molecule has 0 unspecified atom stereocenters. The zero-order valence-electron chi connectivity index (χ0n) is 13.6. The third-order valence-electron chi connectivity index (χ3n) is 4.77. The summed E-state index contributed by atoms with van der Waals surface area (Å²) in [5.41, 5.74) is 1.52. The van der Waals surface area contributed by atoms with Crippen LogP contribution in [0.5, 0.6) is 5.75 Å². The van der Waals surface area contributed by atoms with Crippen molar-refractivity contribution in [2.24, 2.45) is 5.92 Å². The van der Waals surface area contributed by atoms with E-state index in [1.165, 1.54) is 6.26 Å². The number of amides is 1. The number of piperidine rings is 1. The van der Waals surface area contributed by atoms with E-state index >= 15 is 0 Å². The van der Waals surface area contributed by atoms with Gasteiger partial charge in [-0.3, -0.25) is 4.79 Å². The zero-order chi connectivity index (χ0) is 16.8. The summed E-state index contributed by atoms with van der Waals surface area (Å²) in [7, 11) is -1.67. The maximum Gasteiger partial charge on any atom is 0.254 e. The second-order valence-electron chi connectivity index (χ2n) is 6.54. The first-order valence-electron chi connectivity index (χ1n) is 7.71. The molecule has 0 radical (unpaired) electrons. The number of nitrogens with one attached hydrogen (secondary N) is 1. The number of hydrogen-bond acceptors (Lipinski definition) is 4. The van der Waals surface area contributed by atoms with Gasteiger partial charge < -0.3 is 9.64 Å². The molecule has 2 aliphatic rings. The molecule has 2 fully saturated rings. The van der Waals surface area contributed by atoms with Crippen molar-refractivity contribution in [2.45, 2.75) is 31.8 Å². The van der Waals surface area contributed by atoms with Crippen LogP contribution in [0.2, 0.25) is 0 Å². The van der Waals surface area contributed by atoms with Crippen LogP contribution in [0.1, 0.15) is 28.8 Å². The molecule has 1 amide bonds. The van der Waals surface area contributed by atoms with E-state index in [-0.39, 0.29) is 18.0 Å². The molecule has 1 saturated heterocycles. The lowest BCUT2D eigenvalue weighted by Gasteiger charge is -2.33.